The Bertz CT molecular complexity index is 956. The summed E-state index contributed by atoms with van der Waals surface area (Å²) < 4.78 is 15.9. The topological polar surface area (TPSA) is 42.2 Å². The van der Waals surface area contributed by atoms with Gasteiger partial charge in [-0.05, 0) is 31.7 Å². The normalized spacial score (nSPS) is 18.3. The second-order valence-corrected chi connectivity index (χ2v) is 7.67. The molecule has 2 heterocycles. The maximum Gasteiger partial charge on any atom is 0.157 e. The van der Waals surface area contributed by atoms with Crippen LogP contribution in [0.15, 0.2) is 36.5 Å². The first-order chi connectivity index (χ1) is 12.8. The van der Waals surface area contributed by atoms with E-state index < -0.39 is 0 Å². The molecule has 1 spiro atoms. The first-order valence-corrected chi connectivity index (χ1v) is 9.61. The molecule has 0 saturated heterocycles. The van der Waals surface area contributed by atoms with Crippen LogP contribution in [0.25, 0.3) is 5.65 Å². The second kappa shape index (κ2) is 6.08. The summed E-state index contributed by atoms with van der Waals surface area (Å²) in [5.41, 5.74) is 4.34. The van der Waals surface area contributed by atoms with Crippen molar-refractivity contribution in [3.63, 3.8) is 0 Å². The quantitative estimate of drug-likeness (QED) is 0.749. The maximum atomic E-state index is 14.0. The minimum absolute atomic E-state index is 0.175. The summed E-state index contributed by atoms with van der Waals surface area (Å²) in [4.78, 5) is 5.01. The molecular formula is C21H23FN4. The molecule has 4 nitrogen and oxygen atoms in total. The molecule has 5 heteroatoms. The van der Waals surface area contributed by atoms with Crippen LogP contribution in [0.4, 0.5) is 10.2 Å². The van der Waals surface area contributed by atoms with Crippen LogP contribution in [-0.2, 0) is 18.4 Å². The summed E-state index contributed by atoms with van der Waals surface area (Å²) in [5, 5.41) is 7.94. The van der Waals surface area contributed by atoms with E-state index in [1.807, 2.05) is 22.7 Å². The average Bonchev–Trinajstić information content (AvgIpc) is 3.27. The highest BCUT2D eigenvalue weighted by Gasteiger charge is 2.42. The largest absolute Gasteiger partial charge is 0.365 e. The van der Waals surface area contributed by atoms with Gasteiger partial charge in [0.05, 0.1) is 11.9 Å². The molecule has 2 aliphatic rings. The number of hydrogen-bond acceptors (Lipinski definition) is 3. The molecule has 2 aromatic heterocycles. The Kier molecular flexibility index (Phi) is 3.69. The molecular weight excluding hydrogens is 327 g/mol. The Balaban J connectivity index is 1.57. The number of rotatable bonds is 3. The van der Waals surface area contributed by atoms with Gasteiger partial charge in [-0.25, -0.2) is 9.37 Å². The van der Waals surface area contributed by atoms with Crippen molar-refractivity contribution in [2.75, 3.05) is 5.32 Å². The summed E-state index contributed by atoms with van der Waals surface area (Å²) in [6.07, 6.45) is 10.4. The Hall–Kier alpha value is -2.43. The highest BCUT2D eigenvalue weighted by Crippen LogP contribution is 2.49. The molecule has 0 aliphatic heterocycles. The highest BCUT2D eigenvalue weighted by molar-refractivity contribution is 5.59. The van der Waals surface area contributed by atoms with Gasteiger partial charge in [0.2, 0.25) is 0 Å². The van der Waals surface area contributed by atoms with Gasteiger partial charge in [0.15, 0.2) is 5.65 Å². The molecule has 2 aliphatic carbocycles. The third kappa shape index (κ3) is 2.41. The van der Waals surface area contributed by atoms with Crippen LogP contribution in [-0.4, -0.2) is 14.6 Å². The van der Waals surface area contributed by atoms with Gasteiger partial charge in [-0.2, -0.15) is 9.61 Å². The summed E-state index contributed by atoms with van der Waals surface area (Å²) >= 11 is 0. The number of nitrogens with one attached hydrogen (secondary N) is 1. The minimum atomic E-state index is -0.175. The van der Waals surface area contributed by atoms with Gasteiger partial charge >= 0.3 is 0 Å². The number of anilines is 1. The third-order valence-electron chi connectivity index (χ3n) is 6.20. The number of halogens is 1. The molecule has 3 aromatic rings. The Morgan fingerprint density at radius 3 is 2.77 bits per heavy atom. The molecule has 0 bridgehead atoms. The Labute approximate surface area is 152 Å². The van der Waals surface area contributed by atoms with Gasteiger partial charge in [-0.1, -0.05) is 37.5 Å². The van der Waals surface area contributed by atoms with Crippen LogP contribution >= 0.6 is 0 Å². The second-order valence-electron chi connectivity index (χ2n) is 7.67. The molecule has 1 fully saturated rings. The zero-order valence-corrected chi connectivity index (χ0v) is 14.8. The highest BCUT2D eigenvalue weighted by atomic mass is 19.1. The summed E-state index contributed by atoms with van der Waals surface area (Å²) in [7, 11) is 0. The van der Waals surface area contributed by atoms with Crippen molar-refractivity contribution in [1.82, 2.24) is 14.6 Å². The van der Waals surface area contributed by atoms with Gasteiger partial charge < -0.3 is 5.32 Å². The van der Waals surface area contributed by atoms with Crippen molar-refractivity contribution >= 4 is 11.5 Å². The SMILES string of the molecule is Fc1ccccc1CNc1c2c(nc3ccnn13)C1(CCCCC1)CC2. The summed E-state index contributed by atoms with van der Waals surface area (Å²) in [5.74, 6) is 0.812. The first-order valence-electron chi connectivity index (χ1n) is 9.61. The minimum Gasteiger partial charge on any atom is -0.365 e. The van der Waals surface area contributed by atoms with Crippen molar-refractivity contribution in [1.29, 1.82) is 0 Å². The van der Waals surface area contributed by atoms with E-state index in [0.717, 1.165) is 17.9 Å². The van der Waals surface area contributed by atoms with Gasteiger partial charge in [0, 0.05) is 29.2 Å². The van der Waals surface area contributed by atoms with E-state index >= 15 is 0 Å². The lowest BCUT2D eigenvalue weighted by Crippen LogP contribution is -2.27. The molecule has 5 rings (SSSR count). The van der Waals surface area contributed by atoms with E-state index in [1.165, 1.54) is 55.8 Å². The van der Waals surface area contributed by atoms with Gasteiger partial charge in [-0.3, -0.25) is 0 Å². The number of aromatic nitrogens is 3. The summed E-state index contributed by atoms with van der Waals surface area (Å²) in [6, 6.07) is 8.89. The molecule has 1 saturated carbocycles. The van der Waals surface area contributed by atoms with Crippen molar-refractivity contribution in [3.8, 4) is 0 Å². The number of benzene rings is 1. The first kappa shape index (κ1) is 15.8. The van der Waals surface area contributed by atoms with E-state index in [-0.39, 0.29) is 11.2 Å². The van der Waals surface area contributed by atoms with Crippen LogP contribution in [0.1, 0.15) is 55.3 Å². The predicted molar refractivity (Wildman–Crippen MR) is 99.8 cm³/mol. The van der Waals surface area contributed by atoms with Crippen LogP contribution in [0.5, 0.6) is 0 Å². The van der Waals surface area contributed by atoms with E-state index in [0.29, 0.717) is 12.1 Å². The molecule has 0 radical (unpaired) electrons. The smallest absolute Gasteiger partial charge is 0.157 e. The van der Waals surface area contributed by atoms with Crippen LogP contribution in [0.3, 0.4) is 0 Å². The molecule has 0 amide bonds. The monoisotopic (exact) mass is 350 g/mol. The van der Waals surface area contributed by atoms with Crippen LogP contribution in [0, 0.1) is 5.82 Å². The average molecular weight is 350 g/mol. The molecule has 1 N–H and O–H groups in total. The van der Waals surface area contributed by atoms with Gasteiger partial charge in [0.1, 0.15) is 11.6 Å². The molecule has 1 aromatic carbocycles. The van der Waals surface area contributed by atoms with E-state index in [1.54, 1.807) is 12.3 Å². The van der Waals surface area contributed by atoms with Gasteiger partial charge in [-0.15, -0.1) is 0 Å². The maximum absolute atomic E-state index is 14.0. The number of nitrogens with zero attached hydrogens (tertiary/aromatic N) is 3. The fourth-order valence-corrected chi connectivity index (χ4v) is 4.85. The van der Waals surface area contributed by atoms with Gasteiger partial charge in [0.25, 0.3) is 0 Å². The molecule has 26 heavy (non-hydrogen) atoms. The van der Waals surface area contributed by atoms with Crippen molar-refractivity contribution in [3.05, 3.63) is 59.2 Å². The van der Waals surface area contributed by atoms with Crippen molar-refractivity contribution in [2.45, 2.75) is 56.9 Å². The van der Waals surface area contributed by atoms with Crippen LogP contribution < -0.4 is 5.32 Å². The Morgan fingerprint density at radius 2 is 1.92 bits per heavy atom. The van der Waals surface area contributed by atoms with Crippen molar-refractivity contribution in [2.24, 2.45) is 0 Å². The zero-order valence-electron chi connectivity index (χ0n) is 14.8. The van der Waals surface area contributed by atoms with Crippen LogP contribution in [0.2, 0.25) is 0 Å². The fourth-order valence-electron chi connectivity index (χ4n) is 4.85. The fraction of sp³-hybridized carbons (Fsp3) is 0.429. The zero-order chi connectivity index (χ0) is 17.6. The standard InChI is InChI=1S/C21H23FN4/c22-17-7-3-2-6-15(17)14-23-20-16-8-12-21(10-4-1-5-11-21)19(16)25-18-9-13-24-26(18)20/h2-3,6-7,9,13,23H,1,4-5,8,10-12,14H2. The lowest BCUT2D eigenvalue weighted by molar-refractivity contribution is 0.286. The number of fused-ring (bicyclic) bond motifs is 3. The Morgan fingerprint density at radius 1 is 1.08 bits per heavy atom. The van der Waals surface area contributed by atoms with Crippen molar-refractivity contribution < 1.29 is 4.39 Å². The molecule has 0 atom stereocenters. The summed E-state index contributed by atoms with van der Waals surface area (Å²) in [6.45, 7) is 0.449. The molecule has 0 unspecified atom stereocenters. The van der Waals surface area contributed by atoms with E-state index in [4.69, 9.17) is 4.98 Å². The van der Waals surface area contributed by atoms with E-state index in [2.05, 4.69) is 10.4 Å². The lowest BCUT2D eigenvalue weighted by Gasteiger charge is -2.33. The lowest BCUT2D eigenvalue weighted by atomic mass is 9.72. The number of hydrogen-bond donors (Lipinski definition) is 1. The third-order valence-corrected chi connectivity index (χ3v) is 6.20. The van der Waals surface area contributed by atoms with E-state index in [9.17, 15) is 4.39 Å². The predicted octanol–water partition coefficient (Wildman–Crippen LogP) is 4.63. The molecule has 134 valence electrons.